The van der Waals surface area contributed by atoms with E-state index in [0.717, 1.165) is 6.07 Å². The summed E-state index contributed by atoms with van der Waals surface area (Å²) in [6.07, 6.45) is 1.12. The van der Waals surface area contributed by atoms with Crippen molar-refractivity contribution in [2.45, 2.75) is 12.8 Å². The highest BCUT2D eigenvalue weighted by atomic mass is 35.5. The Hall–Kier alpha value is -1.62. The van der Waals surface area contributed by atoms with Gasteiger partial charge in [0.25, 0.3) is 5.91 Å². The smallest absolute Gasteiger partial charge is 0.308 e. The van der Waals surface area contributed by atoms with Crippen LogP contribution in [0.5, 0.6) is 0 Å². The maximum Gasteiger partial charge on any atom is 0.308 e. The lowest BCUT2D eigenvalue weighted by atomic mass is 9.97. The van der Waals surface area contributed by atoms with Gasteiger partial charge in [0.05, 0.1) is 16.5 Å². The van der Waals surface area contributed by atoms with Crippen molar-refractivity contribution in [3.05, 3.63) is 34.6 Å². The molecule has 1 aliphatic rings. The number of carboxylic acid groups (broad SMARTS) is 1. The Kier molecular flexibility index (Phi) is 4.04. The molecule has 1 heterocycles. The fourth-order valence-corrected chi connectivity index (χ4v) is 2.47. The van der Waals surface area contributed by atoms with Gasteiger partial charge in [0, 0.05) is 13.1 Å². The Balaban J connectivity index is 2.22. The second-order valence-corrected chi connectivity index (χ2v) is 4.93. The van der Waals surface area contributed by atoms with Gasteiger partial charge in [0.2, 0.25) is 0 Å². The quantitative estimate of drug-likeness (QED) is 0.908. The van der Waals surface area contributed by atoms with Crippen LogP contribution in [0.2, 0.25) is 5.02 Å². The highest BCUT2D eigenvalue weighted by molar-refractivity contribution is 6.33. The SMILES string of the molecule is O=C(O)[C@H]1CCCN(C(=O)c2c(F)cccc2Cl)C1. The number of carbonyl (C=O) groups excluding carboxylic acids is 1. The number of halogens is 2. The minimum absolute atomic E-state index is 0.0439. The molecule has 0 aliphatic carbocycles. The number of aliphatic carboxylic acids is 1. The van der Waals surface area contributed by atoms with Crippen LogP contribution in [0.1, 0.15) is 23.2 Å². The predicted octanol–water partition coefficient (Wildman–Crippen LogP) is 2.42. The number of likely N-dealkylation sites (tertiary alicyclic amines) is 1. The molecule has 102 valence electrons. The number of carboxylic acids is 1. The first-order chi connectivity index (χ1) is 9.00. The molecule has 0 saturated carbocycles. The number of hydrogen-bond donors (Lipinski definition) is 1. The van der Waals surface area contributed by atoms with Crippen molar-refractivity contribution in [1.82, 2.24) is 4.90 Å². The van der Waals surface area contributed by atoms with Crippen molar-refractivity contribution in [2.24, 2.45) is 5.92 Å². The van der Waals surface area contributed by atoms with Crippen molar-refractivity contribution >= 4 is 23.5 Å². The lowest BCUT2D eigenvalue weighted by Gasteiger charge is -2.31. The van der Waals surface area contributed by atoms with E-state index < -0.39 is 23.6 Å². The summed E-state index contributed by atoms with van der Waals surface area (Å²) in [5.74, 6) is -2.76. The number of benzene rings is 1. The second kappa shape index (κ2) is 5.57. The molecule has 1 saturated heterocycles. The van der Waals surface area contributed by atoms with E-state index in [-0.39, 0.29) is 17.1 Å². The Labute approximate surface area is 114 Å². The molecule has 0 unspecified atom stereocenters. The first kappa shape index (κ1) is 13.8. The Morgan fingerprint density at radius 2 is 2.16 bits per heavy atom. The summed E-state index contributed by atoms with van der Waals surface area (Å²) >= 11 is 5.84. The fourth-order valence-electron chi connectivity index (χ4n) is 2.22. The van der Waals surface area contributed by atoms with Crippen molar-refractivity contribution in [1.29, 1.82) is 0 Å². The van der Waals surface area contributed by atoms with Gasteiger partial charge in [-0.2, -0.15) is 0 Å². The normalized spacial score (nSPS) is 19.3. The number of hydrogen-bond acceptors (Lipinski definition) is 2. The van der Waals surface area contributed by atoms with Crippen LogP contribution in [-0.2, 0) is 4.79 Å². The molecule has 19 heavy (non-hydrogen) atoms. The summed E-state index contributed by atoms with van der Waals surface area (Å²) in [6.45, 7) is 0.520. The number of amides is 1. The van der Waals surface area contributed by atoms with Gasteiger partial charge in [-0.3, -0.25) is 9.59 Å². The van der Waals surface area contributed by atoms with Crippen molar-refractivity contribution in [3.8, 4) is 0 Å². The van der Waals surface area contributed by atoms with Crippen LogP contribution in [-0.4, -0.2) is 35.0 Å². The van der Waals surface area contributed by atoms with Gasteiger partial charge < -0.3 is 10.0 Å². The topological polar surface area (TPSA) is 57.6 Å². The molecule has 1 aromatic rings. The summed E-state index contributed by atoms with van der Waals surface area (Å²) in [7, 11) is 0. The van der Waals surface area contributed by atoms with E-state index in [2.05, 4.69) is 0 Å². The summed E-state index contributed by atoms with van der Waals surface area (Å²) in [5, 5.41) is 9.02. The van der Waals surface area contributed by atoms with E-state index in [1.165, 1.54) is 17.0 Å². The van der Waals surface area contributed by atoms with E-state index in [1.807, 2.05) is 0 Å². The minimum Gasteiger partial charge on any atom is -0.481 e. The Bertz CT molecular complexity index is 500. The molecule has 1 aromatic carbocycles. The number of rotatable bonds is 2. The van der Waals surface area contributed by atoms with Gasteiger partial charge >= 0.3 is 5.97 Å². The fraction of sp³-hybridized carbons (Fsp3) is 0.385. The third-order valence-electron chi connectivity index (χ3n) is 3.23. The minimum atomic E-state index is -0.933. The average molecular weight is 286 g/mol. The Morgan fingerprint density at radius 3 is 2.79 bits per heavy atom. The van der Waals surface area contributed by atoms with Crippen LogP contribution in [0.15, 0.2) is 18.2 Å². The largest absolute Gasteiger partial charge is 0.481 e. The molecule has 1 atom stereocenters. The summed E-state index contributed by atoms with van der Waals surface area (Å²) in [5.41, 5.74) is -0.185. The first-order valence-electron chi connectivity index (χ1n) is 5.97. The van der Waals surface area contributed by atoms with Gasteiger partial charge in [-0.25, -0.2) is 4.39 Å². The number of piperidine rings is 1. The zero-order chi connectivity index (χ0) is 14.0. The van der Waals surface area contributed by atoms with E-state index >= 15 is 0 Å². The van der Waals surface area contributed by atoms with Gasteiger partial charge in [0.15, 0.2) is 0 Å². The average Bonchev–Trinajstić information content (AvgIpc) is 2.38. The molecular formula is C13H13ClFNO3. The lowest BCUT2D eigenvalue weighted by molar-refractivity contribution is -0.143. The van der Waals surface area contributed by atoms with E-state index in [0.29, 0.717) is 19.4 Å². The summed E-state index contributed by atoms with van der Waals surface area (Å²) in [4.78, 5) is 24.5. The highest BCUT2D eigenvalue weighted by Crippen LogP contribution is 2.24. The highest BCUT2D eigenvalue weighted by Gasteiger charge is 2.30. The van der Waals surface area contributed by atoms with Crippen LogP contribution >= 0.6 is 11.6 Å². The molecule has 1 aliphatic heterocycles. The third-order valence-corrected chi connectivity index (χ3v) is 3.55. The molecule has 0 bridgehead atoms. The molecule has 2 rings (SSSR count). The van der Waals surface area contributed by atoms with Crippen LogP contribution in [0.25, 0.3) is 0 Å². The molecular weight excluding hydrogens is 273 g/mol. The third kappa shape index (κ3) is 2.87. The summed E-state index contributed by atoms with van der Waals surface area (Å²) in [6, 6.07) is 4.03. The predicted molar refractivity (Wildman–Crippen MR) is 67.7 cm³/mol. The van der Waals surface area contributed by atoms with E-state index in [4.69, 9.17) is 16.7 Å². The maximum atomic E-state index is 13.7. The first-order valence-corrected chi connectivity index (χ1v) is 6.34. The molecule has 0 radical (unpaired) electrons. The van der Waals surface area contributed by atoms with Crippen LogP contribution < -0.4 is 0 Å². The van der Waals surface area contributed by atoms with Crippen molar-refractivity contribution in [2.75, 3.05) is 13.1 Å². The summed E-state index contributed by atoms with van der Waals surface area (Å²) < 4.78 is 13.7. The van der Waals surface area contributed by atoms with Gasteiger partial charge in [-0.1, -0.05) is 17.7 Å². The zero-order valence-corrected chi connectivity index (χ0v) is 10.9. The zero-order valence-electron chi connectivity index (χ0n) is 10.1. The van der Waals surface area contributed by atoms with Gasteiger partial charge in [-0.15, -0.1) is 0 Å². The Morgan fingerprint density at radius 1 is 1.42 bits per heavy atom. The van der Waals surface area contributed by atoms with E-state index in [9.17, 15) is 14.0 Å². The molecule has 6 heteroatoms. The van der Waals surface area contributed by atoms with E-state index in [1.54, 1.807) is 0 Å². The van der Waals surface area contributed by atoms with Crippen molar-refractivity contribution in [3.63, 3.8) is 0 Å². The van der Waals surface area contributed by atoms with Crippen LogP contribution in [0, 0.1) is 11.7 Å². The number of carbonyl (C=O) groups is 2. The van der Waals surface area contributed by atoms with Crippen LogP contribution in [0.3, 0.4) is 0 Å². The van der Waals surface area contributed by atoms with Crippen molar-refractivity contribution < 1.29 is 19.1 Å². The molecule has 1 amide bonds. The second-order valence-electron chi connectivity index (χ2n) is 4.53. The molecule has 0 aromatic heterocycles. The lowest BCUT2D eigenvalue weighted by Crippen LogP contribution is -2.42. The molecule has 1 N–H and O–H groups in total. The number of nitrogens with zero attached hydrogens (tertiary/aromatic N) is 1. The van der Waals surface area contributed by atoms with Crippen LogP contribution in [0.4, 0.5) is 4.39 Å². The maximum absolute atomic E-state index is 13.7. The molecule has 4 nitrogen and oxygen atoms in total. The monoisotopic (exact) mass is 285 g/mol. The molecule has 0 spiro atoms. The van der Waals surface area contributed by atoms with Gasteiger partial charge in [-0.05, 0) is 25.0 Å². The van der Waals surface area contributed by atoms with Gasteiger partial charge in [0.1, 0.15) is 5.82 Å². The molecule has 1 fully saturated rings. The standard InChI is InChI=1S/C13H13ClFNO3/c14-9-4-1-5-10(15)11(9)12(17)16-6-2-3-8(7-16)13(18)19/h1,4-5,8H,2-3,6-7H2,(H,18,19)/t8-/m0/s1.